The van der Waals surface area contributed by atoms with Crippen molar-refractivity contribution in [1.29, 1.82) is 0 Å². The summed E-state index contributed by atoms with van der Waals surface area (Å²) in [5.74, 6) is -0.210. The van der Waals surface area contributed by atoms with Gasteiger partial charge >= 0.3 is 0 Å². The Morgan fingerprint density at radius 1 is 1.07 bits per heavy atom. The Kier molecular flexibility index (Phi) is 5.39. The molecule has 1 heterocycles. The molecule has 8 heteroatoms. The number of carbonyl (C=O) groups excluding carboxylic acids is 1. The van der Waals surface area contributed by atoms with Gasteiger partial charge in [-0.2, -0.15) is 8.42 Å². The lowest BCUT2D eigenvalue weighted by Gasteiger charge is -2.19. The van der Waals surface area contributed by atoms with Crippen molar-refractivity contribution >= 4 is 49.7 Å². The molecule has 3 rings (SSSR count). The van der Waals surface area contributed by atoms with Crippen molar-refractivity contribution in [2.24, 2.45) is 0 Å². The van der Waals surface area contributed by atoms with Crippen molar-refractivity contribution in [3.05, 3.63) is 64.5 Å². The summed E-state index contributed by atoms with van der Waals surface area (Å²) in [6.45, 7) is 3.41. The number of hydrogen-bond acceptors (Lipinski definition) is 4. The van der Waals surface area contributed by atoms with Crippen molar-refractivity contribution in [3.63, 3.8) is 0 Å². The number of benzene rings is 2. The van der Waals surface area contributed by atoms with Gasteiger partial charge in [-0.05, 0) is 60.5 Å². The number of aryl methyl sites for hydroxylation is 1. The molecule has 0 atom stereocenters. The molecule has 0 bridgehead atoms. The van der Waals surface area contributed by atoms with E-state index in [-0.39, 0.29) is 10.8 Å². The van der Waals surface area contributed by atoms with Crippen LogP contribution < -0.4 is 4.90 Å². The van der Waals surface area contributed by atoms with Crippen LogP contribution in [0.15, 0.2) is 59.5 Å². The molecule has 27 heavy (non-hydrogen) atoms. The zero-order valence-corrected chi connectivity index (χ0v) is 16.9. The predicted molar refractivity (Wildman–Crippen MR) is 109 cm³/mol. The maximum Gasteiger partial charge on any atom is 0.294 e. The predicted octanol–water partition coefficient (Wildman–Crippen LogP) is 5.31. The number of hydrogen-bond donors (Lipinski definition) is 1. The van der Waals surface area contributed by atoms with E-state index in [1.165, 1.54) is 47.4 Å². The van der Waals surface area contributed by atoms with Gasteiger partial charge in [0.05, 0.1) is 4.90 Å². The number of anilines is 2. The first-order valence-corrected chi connectivity index (χ1v) is 10.5. The van der Waals surface area contributed by atoms with Crippen LogP contribution in [0.3, 0.4) is 0 Å². The fourth-order valence-corrected chi connectivity index (χ4v) is 4.43. The molecule has 0 saturated heterocycles. The Balaban J connectivity index is 2.02. The van der Waals surface area contributed by atoms with Gasteiger partial charge in [-0.1, -0.05) is 23.7 Å². The molecular weight excluding hydrogens is 406 g/mol. The normalized spacial score (nSPS) is 11.4. The molecule has 1 amide bonds. The third kappa shape index (κ3) is 4.22. The molecule has 5 nitrogen and oxygen atoms in total. The summed E-state index contributed by atoms with van der Waals surface area (Å²) < 4.78 is 31.5. The molecular formula is C19H16ClNO4S2. The first-order valence-electron chi connectivity index (χ1n) is 7.91. The van der Waals surface area contributed by atoms with E-state index in [2.05, 4.69) is 0 Å². The highest BCUT2D eigenvalue weighted by Gasteiger charge is 2.19. The highest BCUT2D eigenvalue weighted by molar-refractivity contribution is 7.85. The molecule has 1 N–H and O–H groups in total. The van der Waals surface area contributed by atoms with E-state index < -0.39 is 10.1 Å². The van der Waals surface area contributed by atoms with E-state index in [1.54, 1.807) is 0 Å². The zero-order valence-electron chi connectivity index (χ0n) is 14.5. The summed E-state index contributed by atoms with van der Waals surface area (Å²) in [6.07, 6.45) is 0. The van der Waals surface area contributed by atoms with Crippen LogP contribution in [0.25, 0.3) is 11.1 Å². The molecule has 0 aliphatic heterocycles. The molecule has 0 unspecified atom stereocenters. The number of carbonyl (C=O) groups is 1. The fraction of sp³-hybridized carbons (Fsp3) is 0.105. The highest BCUT2D eigenvalue weighted by Crippen LogP contribution is 2.39. The summed E-state index contributed by atoms with van der Waals surface area (Å²) in [5.41, 5.74) is 2.50. The third-order valence-corrected chi connectivity index (χ3v) is 6.14. The maximum atomic E-state index is 12.3. The van der Waals surface area contributed by atoms with Crippen molar-refractivity contribution < 1.29 is 17.8 Å². The lowest BCUT2D eigenvalue weighted by molar-refractivity contribution is -0.115. The average Bonchev–Trinajstić information content (AvgIpc) is 2.96. The molecule has 0 saturated carbocycles. The lowest BCUT2D eigenvalue weighted by atomic mass is 10.1. The Morgan fingerprint density at radius 2 is 1.67 bits per heavy atom. The van der Waals surface area contributed by atoms with Gasteiger partial charge in [-0.25, -0.2) is 0 Å². The molecule has 140 valence electrons. The van der Waals surface area contributed by atoms with Gasteiger partial charge in [0.25, 0.3) is 10.1 Å². The first kappa shape index (κ1) is 19.6. The average molecular weight is 422 g/mol. The van der Waals surface area contributed by atoms with E-state index in [0.29, 0.717) is 15.7 Å². The van der Waals surface area contributed by atoms with Gasteiger partial charge in [0.2, 0.25) is 5.91 Å². The second kappa shape index (κ2) is 7.44. The van der Waals surface area contributed by atoms with Crippen LogP contribution >= 0.6 is 22.9 Å². The van der Waals surface area contributed by atoms with Crippen molar-refractivity contribution in [2.75, 3.05) is 4.90 Å². The minimum atomic E-state index is -4.28. The molecule has 3 aromatic rings. The Morgan fingerprint density at radius 3 is 2.19 bits per heavy atom. The minimum Gasteiger partial charge on any atom is -0.282 e. The Bertz CT molecular complexity index is 1090. The monoisotopic (exact) mass is 421 g/mol. The van der Waals surface area contributed by atoms with Crippen molar-refractivity contribution in [3.8, 4) is 11.1 Å². The van der Waals surface area contributed by atoms with Crippen LogP contribution in [0.1, 0.15) is 11.8 Å². The second-order valence-corrected chi connectivity index (χ2v) is 8.98. The largest absolute Gasteiger partial charge is 0.294 e. The van der Waals surface area contributed by atoms with E-state index in [0.717, 1.165) is 16.0 Å². The van der Waals surface area contributed by atoms with Gasteiger partial charge in [-0.15, -0.1) is 11.3 Å². The fourth-order valence-electron chi connectivity index (χ4n) is 2.72. The number of nitrogens with zero attached hydrogens (tertiary/aromatic N) is 1. The smallest absolute Gasteiger partial charge is 0.282 e. The van der Waals surface area contributed by atoms with E-state index >= 15 is 0 Å². The van der Waals surface area contributed by atoms with Crippen LogP contribution in [0, 0.1) is 6.92 Å². The summed E-state index contributed by atoms with van der Waals surface area (Å²) >= 11 is 7.41. The molecule has 0 aliphatic rings. The second-order valence-electron chi connectivity index (χ2n) is 5.88. The van der Waals surface area contributed by atoms with Crippen LogP contribution in [-0.2, 0) is 14.9 Å². The number of amides is 1. The molecule has 2 aromatic carbocycles. The number of thiophene rings is 1. The standard InChI is InChI=1S/C19H16ClNO4S2/c1-12-18(14-3-5-15(20)6-4-14)11-19(26-12)21(13(2)22)16-7-9-17(10-8-16)27(23,24)25/h3-11H,1-2H3,(H,23,24,25). The molecule has 0 radical (unpaired) electrons. The van der Waals surface area contributed by atoms with Gasteiger partial charge in [0.1, 0.15) is 5.00 Å². The van der Waals surface area contributed by atoms with Crippen LogP contribution in [0.4, 0.5) is 10.7 Å². The lowest BCUT2D eigenvalue weighted by Crippen LogP contribution is -2.21. The van der Waals surface area contributed by atoms with Crippen molar-refractivity contribution in [2.45, 2.75) is 18.7 Å². The van der Waals surface area contributed by atoms with Gasteiger partial charge in [-0.3, -0.25) is 14.2 Å². The molecule has 1 aromatic heterocycles. The number of rotatable bonds is 4. The summed E-state index contributed by atoms with van der Waals surface area (Å²) in [7, 11) is -4.28. The number of halogens is 1. The molecule has 0 aliphatic carbocycles. The third-order valence-electron chi connectivity index (χ3n) is 3.99. The summed E-state index contributed by atoms with van der Waals surface area (Å²) in [6, 6.07) is 14.9. The maximum absolute atomic E-state index is 12.3. The van der Waals surface area contributed by atoms with E-state index in [9.17, 15) is 13.2 Å². The van der Waals surface area contributed by atoms with Crippen LogP contribution in [-0.4, -0.2) is 18.9 Å². The highest BCUT2D eigenvalue weighted by atomic mass is 35.5. The van der Waals surface area contributed by atoms with E-state index in [1.807, 2.05) is 37.3 Å². The summed E-state index contributed by atoms with van der Waals surface area (Å²) in [4.78, 5) is 14.6. The van der Waals surface area contributed by atoms with Crippen molar-refractivity contribution in [1.82, 2.24) is 0 Å². The van der Waals surface area contributed by atoms with E-state index in [4.69, 9.17) is 16.2 Å². The topological polar surface area (TPSA) is 74.7 Å². The zero-order chi connectivity index (χ0) is 19.8. The quantitative estimate of drug-likeness (QED) is 0.579. The SMILES string of the molecule is CC(=O)N(c1ccc(S(=O)(=O)O)cc1)c1cc(-c2ccc(Cl)cc2)c(C)s1. The van der Waals surface area contributed by atoms with Gasteiger partial charge in [0.15, 0.2) is 0 Å². The summed E-state index contributed by atoms with van der Waals surface area (Å²) in [5, 5.41) is 1.36. The van der Waals surface area contributed by atoms with Crippen LogP contribution in [0.2, 0.25) is 5.02 Å². The van der Waals surface area contributed by atoms with Gasteiger partial charge in [0, 0.05) is 22.5 Å². The Hall–Kier alpha value is -2.19. The first-order chi connectivity index (χ1) is 12.7. The Labute approximate surface area is 166 Å². The van der Waals surface area contributed by atoms with Crippen LogP contribution in [0.5, 0.6) is 0 Å². The molecule has 0 fully saturated rings. The van der Waals surface area contributed by atoms with Gasteiger partial charge < -0.3 is 0 Å². The molecule has 0 spiro atoms. The minimum absolute atomic E-state index is 0.210.